The van der Waals surface area contributed by atoms with E-state index in [1.807, 2.05) is 7.05 Å². The smallest absolute Gasteiger partial charge is 0.129 e. The minimum absolute atomic E-state index is 0.447. The van der Waals surface area contributed by atoms with E-state index < -0.39 is 0 Å². The minimum atomic E-state index is 0.447. The second-order valence-corrected chi connectivity index (χ2v) is 6.34. The van der Waals surface area contributed by atoms with Gasteiger partial charge in [0.2, 0.25) is 0 Å². The summed E-state index contributed by atoms with van der Waals surface area (Å²) in [7, 11) is 6.23. The fraction of sp³-hybridized carbons (Fsp3) is 0.706. The van der Waals surface area contributed by atoms with E-state index >= 15 is 0 Å². The first kappa shape index (κ1) is 17.9. The van der Waals surface area contributed by atoms with Crippen molar-refractivity contribution in [3.63, 3.8) is 0 Å². The number of anilines is 1. The molecule has 4 nitrogen and oxygen atoms in total. The van der Waals surface area contributed by atoms with Crippen LogP contribution in [0.3, 0.4) is 0 Å². The van der Waals surface area contributed by atoms with Gasteiger partial charge < -0.3 is 15.1 Å². The fourth-order valence-electron chi connectivity index (χ4n) is 2.67. The molecule has 0 spiro atoms. The Bertz CT molecular complexity index is 429. The predicted octanol–water partition coefficient (Wildman–Crippen LogP) is 2.70. The Kier molecular flexibility index (Phi) is 7.12. The Labute approximate surface area is 130 Å². The molecule has 1 rings (SSSR count). The van der Waals surface area contributed by atoms with E-state index in [0.29, 0.717) is 12.0 Å². The Balaban J connectivity index is 3.12. The van der Waals surface area contributed by atoms with Gasteiger partial charge in [0, 0.05) is 31.4 Å². The van der Waals surface area contributed by atoms with Crippen LogP contribution in [-0.4, -0.2) is 50.2 Å². The summed E-state index contributed by atoms with van der Waals surface area (Å²) in [6.07, 6.45) is 0. The highest BCUT2D eigenvalue weighted by molar-refractivity contribution is 5.44. The standard InChI is InChI=1S/C17H32N4/c1-8-21(14(4)12-20(6)7)17-10-15(11-18-5)9-16(19-17)13(2)3/h9-10,13-14,18H,8,11-12H2,1-7H3. The average Bonchev–Trinajstić information content (AvgIpc) is 2.38. The van der Waals surface area contributed by atoms with E-state index in [2.05, 4.69) is 69.0 Å². The van der Waals surface area contributed by atoms with E-state index in [1.54, 1.807) is 0 Å². The van der Waals surface area contributed by atoms with Gasteiger partial charge in [-0.2, -0.15) is 0 Å². The maximum Gasteiger partial charge on any atom is 0.129 e. The van der Waals surface area contributed by atoms with Gasteiger partial charge in [-0.15, -0.1) is 0 Å². The molecule has 1 unspecified atom stereocenters. The van der Waals surface area contributed by atoms with Crippen LogP contribution in [0.5, 0.6) is 0 Å². The topological polar surface area (TPSA) is 31.4 Å². The van der Waals surface area contributed by atoms with Crippen molar-refractivity contribution in [2.45, 2.75) is 46.2 Å². The van der Waals surface area contributed by atoms with Gasteiger partial charge in [-0.3, -0.25) is 0 Å². The van der Waals surface area contributed by atoms with Gasteiger partial charge >= 0.3 is 0 Å². The highest BCUT2D eigenvalue weighted by Gasteiger charge is 2.17. The maximum atomic E-state index is 4.89. The van der Waals surface area contributed by atoms with Crippen LogP contribution in [0, 0.1) is 0 Å². The Morgan fingerprint density at radius 1 is 1.19 bits per heavy atom. The normalized spacial score (nSPS) is 13.0. The van der Waals surface area contributed by atoms with E-state index in [4.69, 9.17) is 4.98 Å². The van der Waals surface area contributed by atoms with Gasteiger partial charge in [-0.05, 0) is 58.6 Å². The number of nitrogens with zero attached hydrogens (tertiary/aromatic N) is 3. The first-order chi connectivity index (χ1) is 9.88. The van der Waals surface area contributed by atoms with Gasteiger partial charge in [0.1, 0.15) is 5.82 Å². The lowest BCUT2D eigenvalue weighted by atomic mass is 10.1. The number of likely N-dealkylation sites (N-methyl/N-ethyl adjacent to an activating group) is 2. The number of hydrogen-bond donors (Lipinski definition) is 1. The highest BCUT2D eigenvalue weighted by Crippen LogP contribution is 2.22. The van der Waals surface area contributed by atoms with Crippen molar-refractivity contribution in [3.8, 4) is 0 Å². The van der Waals surface area contributed by atoms with Crippen LogP contribution in [0.25, 0.3) is 0 Å². The third-order valence-corrected chi connectivity index (χ3v) is 3.66. The Morgan fingerprint density at radius 3 is 2.33 bits per heavy atom. The van der Waals surface area contributed by atoms with Gasteiger partial charge in [0.25, 0.3) is 0 Å². The number of hydrogen-bond acceptors (Lipinski definition) is 4. The van der Waals surface area contributed by atoms with Crippen LogP contribution in [0.4, 0.5) is 5.82 Å². The van der Waals surface area contributed by atoms with Crippen LogP contribution in [0.1, 0.15) is 44.9 Å². The summed E-state index contributed by atoms with van der Waals surface area (Å²) >= 11 is 0. The molecule has 1 atom stereocenters. The number of aromatic nitrogens is 1. The van der Waals surface area contributed by atoms with Gasteiger partial charge in [0.15, 0.2) is 0 Å². The lowest BCUT2D eigenvalue weighted by Crippen LogP contribution is -2.40. The lowest BCUT2D eigenvalue weighted by Gasteiger charge is -2.32. The highest BCUT2D eigenvalue weighted by atomic mass is 15.2. The van der Waals surface area contributed by atoms with Crippen molar-refractivity contribution >= 4 is 5.82 Å². The molecule has 0 saturated carbocycles. The molecule has 1 N–H and O–H groups in total. The quantitative estimate of drug-likeness (QED) is 0.798. The molecule has 0 aliphatic rings. The van der Waals surface area contributed by atoms with E-state index in [-0.39, 0.29) is 0 Å². The predicted molar refractivity (Wildman–Crippen MR) is 92.1 cm³/mol. The summed E-state index contributed by atoms with van der Waals surface area (Å²) in [5.74, 6) is 1.55. The van der Waals surface area contributed by atoms with Crippen molar-refractivity contribution in [2.75, 3.05) is 39.1 Å². The van der Waals surface area contributed by atoms with Gasteiger partial charge in [-0.25, -0.2) is 4.98 Å². The van der Waals surface area contributed by atoms with Crippen molar-refractivity contribution in [3.05, 3.63) is 23.4 Å². The minimum Gasteiger partial charge on any atom is -0.353 e. The van der Waals surface area contributed by atoms with E-state index in [9.17, 15) is 0 Å². The first-order valence-electron chi connectivity index (χ1n) is 7.95. The van der Waals surface area contributed by atoms with E-state index in [0.717, 1.165) is 25.5 Å². The zero-order valence-corrected chi connectivity index (χ0v) is 14.8. The molecule has 4 heteroatoms. The molecule has 0 radical (unpaired) electrons. The molecule has 0 fully saturated rings. The summed E-state index contributed by atoms with van der Waals surface area (Å²) in [5, 5.41) is 3.24. The Hall–Kier alpha value is -1.13. The van der Waals surface area contributed by atoms with Crippen LogP contribution in [0.15, 0.2) is 12.1 Å². The number of nitrogens with one attached hydrogen (secondary N) is 1. The summed E-state index contributed by atoms with van der Waals surface area (Å²) in [6.45, 7) is 11.8. The molecule has 0 amide bonds. The third kappa shape index (κ3) is 5.29. The number of rotatable bonds is 8. The largest absolute Gasteiger partial charge is 0.353 e. The zero-order valence-electron chi connectivity index (χ0n) is 14.8. The summed E-state index contributed by atoms with van der Waals surface area (Å²) in [5.41, 5.74) is 2.48. The molecule has 0 saturated heterocycles. The van der Waals surface area contributed by atoms with Crippen LogP contribution in [0.2, 0.25) is 0 Å². The molecule has 1 heterocycles. The third-order valence-electron chi connectivity index (χ3n) is 3.66. The SMILES string of the molecule is CCN(c1cc(CNC)cc(C(C)C)n1)C(C)CN(C)C. The molecule has 0 aliphatic carbocycles. The molecular weight excluding hydrogens is 260 g/mol. The molecule has 120 valence electrons. The molecule has 1 aromatic rings. The van der Waals surface area contributed by atoms with Crippen molar-refractivity contribution in [2.24, 2.45) is 0 Å². The summed E-state index contributed by atoms with van der Waals surface area (Å²) in [4.78, 5) is 9.52. The summed E-state index contributed by atoms with van der Waals surface area (Å²) in [6, 6.07) is 4.88. The van der Waals surface area contributed by atoms with Crippen molar-refractivity contribution < 1.29 is 0 Å². The van der Waals surface area contributed by atoms with Crippen molar-refractivity contribution in [1.29, 1.82) is 0 Å². The maximum absolute atomic E-state index is 4.89. The van der Waals surface area contributed by atoms with E-state index in [1.165, 1.54) is 11.3 Å². The lowest BCUT2D eigenvalue weighted by molar-refractivity contribution is 0.372. The average molecular weight is 292 g/mol. The monoisotopic (exact) mass is 292 g/mol. The second kappa shape index (κ2) is 8.35. The molecule has 0 bridgehead atoms. The van der Waals surface area contributed by atoms with Crippen molar-refractivity contribution in [1.82, 2.24) is 15.2 Å². The molecule has 0 aliphatic heterocycles. The molecular formula is C17H32N4. The fourth-order valence-corrected chi connectivity index (χ4v) is 2.67. The zero-order chi connectivity index (χ0) is 16.0. The molecule has 21 heavy (non-hydrogen) atoms. The first-order valence-corrected chi connectivity index (χ1v) is 7.95. The van der Waals surface area contributed by atoms with Crippen LogP contribution in [-0.2, 0) is 6.54 Å². The van der Waals surface area contributed by atoms with Gasteiger partial charge in [0.05, 0.1) is 0 Å². The molecule has 1 aromatic heterocycles. The van der Waals surface area contributed by atoms with Gasteiger partial charge in [-0.1, -0.05) is 13.8 Å². The molecule has 0 aromatic carbocycles. The Morgan fingerprint density at radius 2 is 1.86 bits per heavy atom. The second-order valence-electron chi connectivity index (χ2n) is 6.34. The van der Waals surface area contributed by atoms with Crippen LogP contribution >= 0.6 is 0 Å². The summed E-state index contributed by atoms with van der Waals surface area (Å²) < 4.78 is 0. The number of pyridine rings is 1. The van der Waals surface area contributed by atoms with Crippen LogP contribution < -0.4 is 10.2 Å².